The second-order valence-electron chi connectivity index (χ2n) is 13.8. The summed E-state index contributed by atoms with van der Waals surface area (Å²) in [6.07, 6.45) is 39.7. The van der Waals surface area contributed by atoms with Crippen LogP contribution in [0.1, 0.15) is 105 Å². The first-order chi connectivity index (χ1) is 21.5. The largest absolute Gasteiger partial charge is 0.366 e. The summed E-state index contributed by atoms with van der Waals surface area (Å²) >= 11 is 2.21. The summed E-state index contributed by atoms with van der Waals surface area (Å²) in [5.74, 6) is 0.413. The highest BCUT2D eigenvalue weighted by atomic mass is 127. The van der Waals surface area contributed by atoms with Gasteiger partial charge in [0, 0.05) is 11.4 Å². The molecule has 45 heavy (non-hydrogen) atoms. The molecular weight excluding hydrogens is 671 g/mol. The molecule has 0 aliphatic heterocycles. The number of rotatable bonds is 12. The van der Waals surface area contributed by atoms with E-state index < -0.39 is 5.60 Å². The van der Waals surface area contributed by atoms with Crippen molar-refractivity contribution >= 4 is 34.4 Å². The number of ether oxygens (including phenoxy) is 1. The minimum Gasteiger partial charge on any atom is -0.366 e. The molecule has 0 aromatic heterocycles. The van der Waals surface area contributed by atoms with Gasteiger partial charge in [0.25, 0.3) is 0 Å². The maximum Gasteiger partial charge on any atom is 0.250 e. The predicted molar refractivity (Wildman–Crippen MR) is 197 cm³/mol. The molecule has 3 rings (SSSR count). The van der Waals surface area contributed by atoms with Crippen LogP contribution in [-0.4, -0.2) is 27.9 Å². The first kappa shape index (κ1) is 37.0. The van der Waals surface area contributed by atoms with Crippen LogP contribution in [-0.2, 0) is 14.3 Å². The molecule has 0 aromatic carbocycles. The van der Waals surface area contributed by atoms with Gasteiger partial charge in [-0.1, -0.05) is 142 Å². The Morgan fingerprint density at radius 1 is 0.800 bits per heavy atom. The highest BCUT2D eigenvalue weighted by Gasteiger charge is 2.35. The topological polar surface area (TPSA) is 67.4 Å². The Kier molecular flexibility index (Phi) is 15.8. The van der Waals surface area contributed by atoms with Crippen molar-refractivity contribution in [1.29, 1.82) is 0 Å². The number of carbonyl (C=O) groups excluding carboxylic acids is 2. The fourth-order valence-electron chi connectivity index (χ4n) is 6.56. The van der Waals surface area contributed by atoms with Crippen LogP contribution in [0.25, 0.3) is 0 Å². The Bertz CT molecular complexity index is 1220. The lowest BCUT2D eigenvalue weighted by atomic mass is 9.68. The highest BCUT2D eigenvalue weighted by Crippen LogP contribution is 2.42. The summed E-state index contributed by atoms with van der Waals surface area (Å²) in [6, 6.07) is 0. The van der Waals surface area contributed by atoms with Crippen LogP contribution < -0.4 is 10.6 Å². The van der Waals surface area contributed by atoms with Gasteiger partial charge in [0.05, 0.1) is 9.53 Å². The molecule has 2 N–H and O–H groups in total. The minimum absolute atomic E-state index is 0.0225. The van der Waals surface area contributed by atoms with Crippen LogP contribution in [0.4, 0.5) is 0 Å². The van der Waals surface area contributed by atoms with Crippen molar-refractivity contribution in [2.45, 2.75) is 114 Å². The molecule has 6 heteroatoms. The van der Waals surface area contributed by atoms with Crippen LogP contribution in [0.15, 0.2) is 96.0 Å². The highest BCUT2D eigenvalue weighted by molar-refractivity contribution is 14.1. The van der Waals surface area contributed by atoms with Gasteiger partial charge in [0.2, 0.25) is 11.8 Å². The smallest absolute Gasteiger partial charge is 0.250 e. The third-order valence-electron chi connectivity index (χ3n) is 8.86. The number of nitrogens with one attached hydrogen (secondary N) is 2. The molecule has 0 heterocycles. The number of carbonyl (C=O) groups is 2. The molecule has 246 valence electrons. The number of amides is 2. The normalized spacial score (nSPS) is 26.3. The van der Waals surface area contributed by atoms with Gasteiger partial charge in [0.1, 0.15) is 6.61 Å². The van der Waals surface area contributed by atoms with Crippen LogP contribution in [0.5, 0.6) is 0 Å². The van der Waals surface area contributed by atoms with E-state index in [0.29, 0.717) is 17.3 Å². The molecule has 2 amide bonds. The van der Waals surface area contributed by atoms with E-state index in [-0.39, 0.29) is 27.8 Å². The van der Waals surface area contributed by atoms with E-state index in [4.69, 9.17) is 4.74 Å². The number of hydrogen-bond donors (Lipinski definition) is 2. The molecular formula is C39H55IN2O3. The van der Waals surface area contributed by atoms with E-state index in [2.05, 4.69) is 73.1 Å². The average Bonchev–Trinajstić information content (AvgIpc) is 2.95. The summed E-state index contributed by atoms with van der Waals surface area (Å²) in [7, 11) is 0. The Hall–Kier alpha value is -2.45. The van der Waals surface area contributed by atoms with Crippen molar-refractivity contribution in [2.24, 2.45) is 11.3 Å². The molecule has 3 aliphatic rings. The summed E-state index contributed by atoms with van der Waals surface area (Å²) < 4.78 is 6.05. The number of allylic oxidation sites excluding steroid dienone is 14. The van der Waals surface area contributed by atoms with Crippen molar-refractivity contribution in [2.75, 3.05) is 6.61 Å². The van der Waals surface area contributed by atoms with Crippen LogP contribution in [0.3, 0.4) is 0 Å². The Morgan fingerprint density at radius 2 is 1.40 bits per heavy atom. The second kappa shape index (κ2) is 19.3. The van der Waals surface area contributed by atoms with E-state index in [1.165, 1.54) is 63.4 Å². The molecule has 5 nitrogen and oxygen atoms in total. The van der Waals surface area contributed by atoms with Gasteiger partial charge in [0.15, 0.2) is 0 Å². The summed E-state index contributed by atoms with van der Waals surface area (Å²) in [5, 5.41) is 6.02. The molecule has 0 saturated heterocycles. The van der Waals surface area contributed by atoms with Crippen molar-refractivity contribution in [3.8, 4) is 0 Å². The second-order valence-corrected chi connectivity index (χ2v) is 15.3. The lowest BCUT2D eigenvalue weighted by Gasteiger charge is -2.41. The molecule has 1 saturated carbocycles. The zero-order valence-corrected chi connectivity index (χ0v) is 30.1. The number of hydrogen-bond acceptors (Lipinski definition) is 3. The predicted octanol–water partition coefficient (Wildman–Crippen LogP) is 9.66. The van der Waals surface area contributed by atoms with Crippen LogP contribution in [0, 0.1) is 11.3 Å². The Balaban J connectivity index is 1.51. The molecule has 1 unspecified atom stereocenters. The fraction of sp³-hybridized carbons (Fsp3) is 0.538. The van der Waals surface area contributed by atoms with Gasteiger partial charge in [-0.15, -0.1) is 0 Å². The summed E-state index contributed by atoms with van der Waals surface area (Å²) in [4.78, 5) is 26.1. The van der Waals surface area contributed by atoms with Gasteiger partial charge < -0.3 is 15.4 Å². The molecule has 0 radical (unpaired) electrons. The quantitative estimate of drug-likeness (QED) is 0.156. The monoisotopic (exact) mass is 726 g/mol. The third kappa shape index (κ3) is 14.7. The molecule has 3 aliphatic carbocycles. The van der Waals surface area contributed by atoms with Crippen molar-refractivity contribution < 1.29 is 14.3 Å². The van der Waals surface area contributed by atoms with E-state index in [0.717, 1.165) is 19.3 Å². The van der Waals surface area contributed by atoms with Gasteiger partial charge in [-0.3, -0.25) is 9.59 Å². The van der Waals surface area contributed by atoms with Gasteiger partial charge >= 0.3 is 0 Å². The zero-order valence-electron chi connectivity index (χ0n) is 28.0. The molecule has 0 bridgehead atoms. The molecule has 1 fully saturated rings. The Morgan fingerprint density at radius 3 is 2.13 bits per heavy atom. The van der Waals surface area contributed by atoms with E-state index in [1.807, 2.05) is 60.8 Å². The van der Waals surface area contributed by atoms with E-state index in [1.54, 1.807) is 6.08 Å². The maximum atomic E-state index is 13.0. The first-order valence-electron chi connectivity index (χ1n) is 16.9. The summed E-state index contributed by atoms with van der Waals surface area (Å²) in [6.45, 7) is 8.96. The molecule has 0 spiro atoms. The van der Waals surface area contributed by atoms with Crippen molar-refractivity contribution in [1.82, 2.24) is 10.6 Å². The van der Waals surface area contributed by atoms with E-state index >= 15 is 0 Å². The third-order valence-corrected chi connectivity index (χ3v) is 10.0. The zero-order chi connectivity index (χ0) is 32.5. The van der Waals surface area contributed by atoms with Gasteiger partial charge in [-0.25, -0.2) is 0 Å². The standard InChI is InChI=1S/C39H55IN2O3/c1-38(2,32-22-16-11-6-5-7-12-17-23-32)30-39(3,4)45-29-36(43)41-33-24-18-13-19-25-34(28-33)42-37(44)35(40)27-26-31-20-14-9-8-10-15-21-31/h8-10,13-15,18-21,24-25,28,32,35H,5-7,11-12,16-17,22-23,26-27,29-30H2,1-4H3,(H,41,43)(H,42,44)/b9-8-,10-8?,14-9?,15-10-,18-13?,19-13-,20-14-,21-15?,24-18-,25-19?,31-20?,31-21+,33-24?,33-28+,34-25+,34-28?. The average molecular weight is 727 g/mol. The van der Waals surface area contributed by atoms with Crippen LogP contribution >= 0.6 is 22.6 Å². The van der Waals surface area contributed by atoms with Gasteiger partial charge in [-0.05, 0) is 81.1 Å². The minimum atomic E-state index is -0.423. The lowest BCUT2D eigenvalue weighted by molar-refractivity contribution is -0.133. The fourth-order valence-corrected chi connectivity index (χ4v) is 7.03. The van der Waals surface area contributed by atoms with Crippen molar-refractivity contribution in [3.05, 3.63) is 96.0 Å². The number of halogens is 1. The SMILES string of the molecule is CC(C)(CC(C)(C)C1CCCCCCCCC1)OCC(=O)NC1=C/C(NC(=O)C(I)CCC2=C/C=C\C=C/C=C\2)=C\C=C/C=C\1. The first-order valence-corrected chi connectivity index (χ1v) is 18.1. The van der Waals surface area contributed by atoms with Crippen molar-refractivity contribution in [3.63, 3.8) is 0 Å². The summed E-state index contributed by atoms with van der Waals surface area (Å²) in [5.41, 5.74) is 2.14. The number of alkyl halides is 1. The molecule has 0 aromatic rings. The van der Waals surface area contributed by atoms with E-state index in [9.17, 15) is 9.59 Å². The Labute approximate surface area is 286 Å². The maximum absolute atomic E-state index is 13.0. The van der Waals surface area contributed by atoms with Crippen LogP contribution in [0.2, 0.25) is 0 Å². The lowest BCUT2D eigenvalue weighted by Crippen LogP contribution is -2.39. The van der Waals surface area contributed by atoms with Gasteiger partial charge in [-0.2, -0.15) is 0 Å². The molecule has 1 atom stereocenters.